The molecule has 0 N–H and O–H groups in total. The molecule has 0 atom stereocenters. The number of rotatable bonds is 4. The summed E-state index contributed by atoms with van der Waals surface area (Å²) in [6, 6.07) is 13.0. The van der Waals surface area contributed by atoms with E-state index in [0.717, 1.165) is 23.6 Å². The van der Waals surface area contributed by atoms with Crippen LogP contribution in [0.15, 0.2) is 58.8 Å². The molecule has 0 aliphatic carbocycles. The first kappa shape index (κ1) is 12.8. The van der Waals surface area contributed by atoms with Crippen molar-refractivity contribution in [1.82, 2.24) is 0 Å². The van der Waals surface area contributed by atoms with Gasteiger partial charge in [0.1, 0.15) is 0 Å². The van der Waals surface area contributed by atoms with E-state index in [-0.39, 0.29) is 0 Å². The maximum Gasteiger partial charge on any atom is 0.199 e. The largest absolute Gasteiger partial charge is 0.219 e. The van der Waals surface area contributed by atoms with Crippen molar-refractivity contribution in [2.45, 2.75) is 24.7 Å². The summed E-state index contributed by atoms with van der Waals surface area (Å²) < 4.78 is 24.1. The van der Waals surface area contributed by atoms with Gasteiger partial charge in [-0.25, -0.2) is 8.42 Å². The van der Waals surface area contributed by atoms with E-state index in [4.69, 9.17) is 0 Å². The highest BCUT2D eigenvalue weighted by Crippen LogP contribution is 2.20. The molecule has 0 unspecified atom stereocenters. The zero-order valence-electron chi connectivity index (χ0n) is 10.3. The Morgan fingerprint density at radius 1 is 1.06 bits per heavy atom. The first-order valence-corrected chi connectivity index (χ1v) is 7.58. The lowest BCUT2D eigenvalue weighted by molar-refractivity contribution is 0.604. The highest BCUT2D eigenvalue weighted by Gasteiger charge is 2.10. The van der Waals surface area contributed by atoms with Gasteiger partial charge in [0.05, 0.1) is 4.90 Å². The Morgan fingerprint density at radius 3 is 2.50 bits per heavy atom. The maximum absolute atomic E-state index is 12.1. The monoisotopic (exact) mass is 260 g/mol. The molecule has 0 spiro atoms. The van der Waals surface area contributed by atoms with E-state index in [0.29, 0.717) is 4.90 Å². The molecule has 2 aromatic rings. The summed E-state index contributed by atoms with van der Waals surface area (Å²) in [5.41, 5.74) is 0. The number of fused-ring (bicyclic) bond motifs is 1. The van der Waals surface area contributed by atoms with Crippen LogP contribution in [0.2, 0.25) is 0 Å². The fraction of sp³-hybridized carbons (Fsp3) is 0.200. The minimum atomic E-state index is -3.30. The topological polar surface area (TPSA) is 34.1 Å². The van der Waals surface area contributed by atoms with Crippen LogP contribution < -0.4 is 0 Å². The molecule has 0 fully saturated rings. The number of benzene rings is 2. The van der Waals surface area contributed by atoms with Gasteiger partial charge in [-0.05, 0) is 29.3 Å². The molecule has 0 radical (unpaired) electrons. The van der Waals surface area contributed by atoms with Gasteiger partial charge >= 0.3 is 0 Å². The van der Waals surface area contributed by atoms with Crippen molar-refractivity contribution in [3.63, 3.8) is 0 Å². The molecule has 3 heteroatoms. The Hall–Kier alpha value is -1.61. The molecule has 0 heterocycles. The normalized spacial score (nSPS) is 12.3. The smallest absolute Gasteiger partial charge is 0.199 e. The van der Waals surface area contributed by atoms with Crippen LogP contribution in [0, 0.1) is 0 Å². The minimum Gasteiger partial charge on any atom is -0.219 e. The number of hydrogen-bond donors (Lipinski definition) is 0. The van der Waals surface area contributed by atoms with Crippen molar-refractivity contribution < 1.29 is 8.42 Å². The SMILES string of the molecule is CCCC=CS(=O)(=O)c1ccc2ccccc2c1. The number of allylic oxidation sites excluding steroid dienone is 1. The van der Waals surface area contributed by atoms with Gasteiger partial charge < -0.3 is 0 Å². The fourth-order valence-corrected chi connectivity index (χ4v) is 2.88. The van der Waals surface area contributed by atoms with Crippen LogP contribution in [0.3, 0.4) is 0 Å². The van der Waals surface area contributed by atoms with Crippen LogP contribution in [0.5, 0.6) is 0 Å². The molecule has 2 nitrogen and oxygen atoms in total. The summed E-state index contributed by atoms with van der Waals surface area (Å²) in [4.78, 5) is 0.355. The number of unbranched alkanes of at least 4 members (excludes halogenated alkanes) is 1. The lowest BCUT2D eigenvalue weighted by Gasteiger charge is -2.02. The second-order valence-corrected chi connectivity index (χ2v) is 6.05. The number of sulfone groups is 1. The van der Waals surface area contributed by atoms with Crippen molar-refractivity contribution >= 4 is 20.6 Å². The second-order valence-electron chi connectivity index (χ2n) is 4.21. The van der Waals surface area contributed by atoms with E-state index in [9.17, 15) is 8.42 Å². The second kappa shape index (κ2) is 5.36. The van der Waals surface area contributed by atoms with Crippen molar-refractivity contribution in [3.05, 3.63) is 53.9 Å². The van der Waals surface area contributed by atoms with Crippen molar-refractivity contribution in [3.8, 4) is 0 Å². The van der Waals surface area contributed by atoms with Gasteiger partial charge in [0.25, 0.3) is 0 Å². The Bertz CT molecular complexity index is 670. The predicted octanol–water partition coefficient (Wildman–Crippen LogP) is 3.93. The van der Waals surface area contributed by atoms with Crippen molar-refractivity contribution in [2.24, 2.45) is 0 Å². The average molecular weight is 260 g/mol. The van der Waals surface area contributed by atoms with Crippen LogP contribution in [-0.4, -0.2) is 8.42 Å². The van der Waals surface area contributed by atoms with Crippen LogP contribution >= 0.6 is 0 Å². The first-order chi connectivity index (χ1) is 8.63. The number of hydrogen-bond acceptors (Lipinski definition) is 2. The first-order valence-electron chi connectivity index (χ1n) is 6.04. The predicted molar refractivity (Wildman–Crippen MR) is 75.2 cm³/mol. The summed E-state index contributed by atoms with van der Waals surface area (Å²) in [5, 5.41) is 3.30. The van der Waals surface area contributed by atoms with Gasteiger partial charge in [0, 0.05) is 5.41 Å². The third kappa shape index (κ3) is 2.79. The van der Waals surface area contributed by atoms with Gasteiger partial charge in [-0.1, -0.05) is 49.8 Å². The summed E-state index contributed by atoms with van der Waals surface area (Å²) in [6.45, 7) is 2.02. The molecule has 18 heavy (non-hydrogen) atoms. The molecule has 0 saturated carbocycles. The quantitative estimate of drug-likeness (QED) is 0.834. The molecule has 2 aromatic carbocycles. The van der Waals surface area contributed by atoms with Gasteiger partial charge in [-0.2, -0.15) is 0 Å². The van der Waals surface area contributed by atoms with E-state index in [1.165, 1.54) is 5.41 Å². The third-order valence-electron chi connectivity index (χ3n) is 2.78. The van der Waals surface area contributed by atoms with Gasteiger partial charge in [0.15, 0.2) is 9.84 Å². The molecule has 0 saturated heterocycles. The van der Waals surface area contributed by atoms with Crippen LogP contribution in [0.1, 0.15) is 19.8 Å². The van der Waals surface area contributed by atoms with Gasteiger partial charge in [-0.3, -0.25) is 0 Å². The van der Waals surface area contributed by atoms with Crippen LogP contribution in [-0.2, 0) is 9.84 Å². The van der Waals surface area contributed by atoms with Gasteiger partial charge in [-0.15, -0.1) is 0 Å². The highest BCUT2D eigenvalue weighted by molar-refractivity contribution is 7.94. The van der Waals surface area contributed by atoms with Crippen LogP contribution in [0.4, 0.5) is 0 Å². The molecular formula is C15H16O2S. The zero-order valence-corrected chi connectivity index (χ0v) is 11.2. The molecule has 0 aliphatic heterocycles. The Balaban J connectivity index is 2.42. The zero-order chi connectivity index (χ0) is 13.0. The van der Waals surface area contributed by atoms with E-state index in [1.807, 2.05) is 37.3 Å². The highest BCUT2D eigenvalue weighted by atomic mass is 32.2. The summed E-state index contributed by atoms with van der Waals surface area (Å²) in [7, 11) is -3.30. The van der Waals surface area contributed by atoms with E-state index >= 15 is 0 Å². The fourth-order valence-electron chi connectivity index (χ4n) is 1.78. The summed E-state index contributed by atoms with van der Waals surface area (Å²) in [5.74, 6) is 0. The third-order valence-corrected chi connectivity index (χ3v) is 4.24. The molecule has 0 bridgehead atoms. The van der Waals surface area contributed by atoms with Crippen molar-refractivity contribution in [2.75, 3.05) is 0 Å². The van der Waals surface area contributed by atoms with Crippen molar-refractivity contribution in [1.29, 1.82) is 0 Å². The minimum absolute atomic E-state index is 0.355. The standard InChI is InChI=1S/C15H16O2S/c1-2-3-6-11-18(16,17)15-10-9-13-7-4-5-8-14(13)12-15/h4-12H,2-3H2,1H3. The average Bonchev–Trinajstić information content (AvgIpc) is 2.38. The molecule has 94 valence electrons. The maximum atomic E-state index is 12.1. The molecule has 0 amide bonds. The summed E-state index contributed by atoms with van der Waals surface area (Å²) >= 11 is 0. The molecule has 0 aromatic heterocycles. The molecular weight excluding hydrogens is 244 g/mol. The molecule has 0 aliphatic rings. The van der Waals surface area contributed by atoms with E-state index in [1.54, 1.807) is 18.2 Å². The van der Waals surface area contributed by atoms with Crippen LogP contribution in [0.25, 0.3) is 10.8 Å². The Kier molecular flexibility index (Phi) is 3.82. The van der Waals surface area contributed by atoms with E-state index in [2.05, 4.69) is 0 Å². The Morgan fingerprint density at radius 2 is 1.78 bits per heavy atom. The van der Waals surface area contributed by atoms with E-state index < -0.39 is 9.84 Å². The summed E-state index contributed by atoms with van der Waals surface area (Å²) in [6.07, 6.45) is 3.45. The Labute approximate surface area is 108 Å². The van der Waals surface area contributed by atoms with Gasteiger partial charge in [0.2, 0.25) is 0 Å². The molecule has 2 rings (SSSR count). The lowest BCUT2D eigenvalue weighted by atomic mass is 10.1. The lowest BCUT2D eigenvalue weighted by Crippen LogP contribution is -1.95.